The quantitative estimate of drug-likeness (QED) is 0.180. The maximum absolute atomic E-state index is 14.7. The highest BCUT2D eigenvalue weighted by atomic mass is 32.1. The van der Waals surface area contributed by atoms with Crippen molar-refractivity contribution in [3.63, 3.8) is 0 Å². The van der Waals surface area contributed by atoms with Gasteiger partial charge in [-0.2, -0.15) is 4.37 Å². The summed E-state index contributed by atoms with van der Waals surface area (Å²) in [5.74, 6) is -0.631. The molecule has 0 aliphatic heterocycles. The van der Waals surface area contributed by atoms with Crippen molar-refractivity contribution in [2.45, 2.75) is 64.5 Å². The number of anilines is 2. The molecule has 1 aliphatic rings. The first-order valence-corrected chi connectivity index (χ1v) is 16.5. The second-order valence-corrected chi connectivity index (χ2v) is 12.5. The van der Waals surface area contributed by atoms with E-state index in [0.717, 1.165) is 60.3 Å². The second-order valence-electron chi connectivity index (χ2n) is 11.7. The van der Waals surface area contributed by atoms with Crippen molar-refractivity contribution >= 4 is 40.6 Å². The highest BCUT2D eigenvalue weighted by Gasteiger charge is 2.37. The maximum Gasteiger partial charge on any atom is 0.273 e. The lowest BCUT2D eigenvalue weighted by Gasteiger charge is -2.32. The Kier molecular flexibility index (Phi) is 10.7. The molecule has 3 amide bonds. The highest BCUT2D eigenvalue weighted by molar-refractivity contribution is 7.09. The molecule has 1 aromatic heterocycles. The van der Waals surface area contributed by atoms with E-state index < -0.39 is 11.9 Å². The van der Waals surface area contributed by atoms with Crippen molar-refractivity contribution in [3.05, 3.63) is 106 Å². The summed E-state index contributed by atoms with van der Waals surface area (Å²) in [7, 11) is 1.57. The van der Waals surface area contributed by atoms with Crippen LogP contribution in [0, 0.1) is 13.8 Å². The summed E-state index contributed by atoms with van der Waals surface area (Å²) in [6, 6.07) is 21.7. The molecule has 1 atom stereocenters. The molecule has 0 bridgehead atoms. The summed E-state index contributed by atoms with van der Waals surface area (Å²) in [5, 5.41) is 6.11. The molecular weight excluding hydrogens is 598 g/mol. The standard InChI is InChI=1S/C36H41N5O4S/c1-23-14-15-24(2)29(22-23)41(36(44)33-30(37)31(40-46-33)34(42)39-27-12-8-5-9-13-27)32(26-16-18-28(45-3)19-17-26)35(43)38-21-20-25-10-6-4-7-11-25/h4,6-7,10-11,14-19,22,27,32H,5,8-9,12-13,20-21,37H2,1-3H3,(H,38,43)(H,39,42). The maximum atomic E-state index is 14.7. The lowest BCUT2D eigenvalue weighted by molar-refractivity contribution is -0.122. The van der Waals surface area contributed by atoms with Crippen LogP contribution < -0.4 is 26.0 Å². The molecule has 1 fully saturated rings. The van der Waals surface area contributed by atoms with Crippen LogP contribution in [-0.4, -0.2) is 41.8 Å². The van der Waals surface area contributed by atoms with Gasteiger partial charge in [-0.15, -0.1) is 0 Å². The Morgan fingerprint density at radius 1 is 1.00 bits per heavy atom. The molecule has 46 heavy (non-hydrogen) atoms. The smallest absolute Gasteiger partial charge is 0.273 e. The summed E-state index contributed by atoms with van der Waals surface area (Å²) in [6.45, 7) is 4.20. The number of rotatable bonds is 11. The first kappa shape index (κ1) is 32.7. The fraction of sp³-hybridized carbons (Fsp3) is 0.333. The van der Waals surface area contributed by atoms with Crippen molar-refractivity contribution in [1.82, 2.24) is 15.0 Å². The van der Waals surface area contributed by atoms with Gasteiger partial charge in [0.25, 0.3) is 11.8 Å². The van der Waals surface area contributed by atoms with Gasteiger partial charge in [-0.1, -0.05) is 73.9 Å². The number of nitrogens with zero attached hydrogens (tertiary/aromatic N) is 2. The SMILES string of the molecule is COc1ccc(C(C(=O)NCCc2ccccc2)N(C(=O)c2snc(C(=O)NC3CCCCC3)c2N)c2cc(C)ccc2C)cc1. The molecule has 240 valence electrons. The van der Waals surface area contributed by atoms with Crippen LogP contribution in [-0.2, 0) is 11.2 Å². The lowest BCUT2D eigenvalue weighted by Crippen LogP contribution is -2.45. The first-order valence-electron chi connectivity index (χ1n) is 15.7. The average molecular weight is 640 g/mol. The van der Waals surface area contributed by atoms with Gasteiger partial charge < -0.3 is 21.1 Å². The number of nitrogen functional groups attached to an aromatic ring is 1. The Hall–Kier alpha value is -4.70. The number of amides is 3. The van der Waals surface area contributed by atoms with Gasteiger partial charge in [-0.3, -0.25) is 19.3 Å². The van der Waals surface area contributed by atoms with Crippen LogP contribution in [0.1, 0.15) is 80.6 Å². The third-order valence-corrected chi connectivity index (χ3v) is 9.27. The van der Waals surface area contributed by atoms with Crippen LogP contribution in [0.15, 0.2) is 72.8 Å². The molecule has 0 radical (unpaired) electrons. The molecule has 10 heteroatoms. The summed E-state index contributed by atoms with van der Waals surface area (Å²) in [6.07, 6.45) is 5.72. The molecule has 3 aromatic carbocycles. The van der Waals surface area contributed by atoms with Crippen molar-refractivity contribution < 1.29 is 19.1 Å². The minimum absolute atomic E-state index is 0.0107. The van der Waals surface area contributed by atoms with Gasteiger partial charge in [-0.25, -0.2) is 0 Å². The molecular formula is C36H41N5O4S. The number of methoxy groups -OCH3 is 1. The third-order valence-electron chi connectivity index (χ3n) is 8.41. The zero-order valence-electron chi connectivity index (χ0n) is 26.5. The minimum Gasteiger partial charge on any atom is -0.497 e. The molecule has 0 spiro atoms. The number of hydrogen-bond acceptors (Lipinski definition) is 7. The van der Waals surface area contributed by atoms with Gasteiger partial charge in [0.2, 0.25) is 5.91 Å². The predicted molar refractivity (Wildman–Crippen MR) is 182 cm³/mol. The number of hydrogen-bond donors (Lipinski definition) is 3. The summed E-state index contributed by atoms with van der Waals surface area (Å²) in [5.41, 5.74) is 10.5. The molecule has 5 rings (SSSR count). The van der Waals surface area contributed by atoms with Crippen molar-refractivity contribution in [3.8, 4) is 5.75 Å². The number of nitrogens with one attached hydrogen (secondary N) is 2. The van der Waals surface area contributed by atoms with E-state index in [0.29, 0.717) is 30.0 Å². The van der Waals surface area contributed by atoms with E-state index in [4.69, 9.17) is 10.5 Å². The highest BCUT2D eigenvalue weighted by Crippen LogP contribution is 2.36. The van der Waals surface area contributed by atoms with Gasteiger partial charge in [0.05, 0.1) is 12.8 Å². The van der Waals surface area contributed by atoms with Gasteiger partial charge in [0.15, 0.2) is 5.69 Å². The molecule has 4 aromatic rings. The summed E-state index contributed by atoms with van der Waals surface area (Å²) in [4.78, 5) is 43.7. The second kappa shape index (κ2) is 15.1. The van der Waals surface area contributed by atoms with E-state index in [1.165, 1.54) is 4.90 Å². The topological polar surface area (TPSA) is 127 Å². The Balaban J connectivity index is 1.53. The number of aryl methyl sites for hydroxylation is 2. The fourth-order valence-corrected chi connectivity index (χ4v) is 6.58. The molecule has 4 N–H and O–H groups in total. The van der Waals surface area contributed by atoms with E-state index in [2.05, 4.69) is 15.0 Å². The Morgan fingerprint density at radius 2 is 1.72 bits per heavy atom. The molecule has 1 saturated carbocycles. The zero-order valence-corrected chi connectivity index (χ0v) is 27.4. The number of carbonyl (C=O) groups is 3. The summed E-state index contributed by atoms with van der Waals surface area (Å²) >= 11 is 0.874. The Morgan fingerprint density at radius 3 is 2.41 bits per heavy atom. The average Bonchev–Trinajstić information content (AvgIpc) is 3.46. The van der Waals surface area contributed by atoms with Gasteiger partial charge in [0, 0.05) is 18.3 Å². The first-order chi connectivity index (χ1) is 22.3. The van der Waals surface area contributed by atoms with E-state index in [-0.39, 0.29) is 34.1 Å². The number of aromatic nitrogens is 1. The van der Waals surface area contributed by atoms with Crippen LogP contribution in [0.25, 0.3) is 0 Å². The fourth-order valence-electron chi connectivity index (χ4n) is 5.85. The number of carbonyl (C=O) groups excluding carboxylic acids is 3. The monoisotopic (exact) mass is 639 g/mol. The summed E-state index contributed by atoms with van der Waals surface area (Å²) < 4.78 is 9.71. The van der Waals surface area contributed by atoms with Crippen LogP contribution >= 0.6 is 11.5 Å². The molecule has 0 saturated heterocycles. The van der Waals surface area contributed by atoms with Crippen molar-refractivity contribution in [2.24, 2.45) is 0 Å². The molecule has 9 nitrogen and oxygen atoms in total. The number of ether oxygens (including phenoxy) is 1. The lowest BCUT2D eigenvalue weighted by atomic mass is 9.95. The van der Waals surface area contributed by atoms with Crippen molar-refractivity contribution in [2.75, 3.05) is 24.3 Å². The Bertz CT molecular complexity index is 1670. The van der Waals surface area contributed by atoms with Gasteiger partial charge in [-0.05, 0) is 85.1 Å². The molecule has 1 aliphatic carbocycles. The third kappa shape index (κ3) is 7.56. The largest absolute Gasteiger partial charge is 0.497 e. The van der Waals surface area contributed by atoms with Crippen LogP contribution in [0.5, 0.6) is 5.75 Å². The molecule has 1 unspecified atom stereocenters. The van der Waals surface area contributed by atoms with E-state index in [1.807, 2.05) is 62.4 Å². The van der Waals surface area contributed by atoms with E-state index in [1.54, 1.807) is 31.4 Å². The van der Waals surface area contributed by atoms with E-state index in [9.17, 15) is 14.4 Å². The molecule has 1 heterocycles. The minimum atomic E-state index is -1.06. The number of nitrogens with two attached hydrogens (primary N) is 1. The van der Waals surface area contributed by atoms with Crippen LogP contribution in [0.2, 0.25) is 0 Å². The van der Waals surface area contributed by atoms with Crippen LogP contribution in [0.3, 0.4) is 0 Å². The van der Waals surface area contributed by atoms with Gasteiger partial charge in [0.1, 0.15) is 16.7 Å². The van der Waals surface area contributed by atoms with Gasteiger partial charge >= 0.3 is 0 Å². The zero-order chi connectivity index (χ0) is 32.6. The van der Waals surface area contributed by atoms with Crippen LogP contribution in [0.4, 0.5) is 11.4 Å². The Labute approximate surface area is 274 Å². The van der Waals surface area contributed by atoms with E-state index >= 15 is 0 Å². The number of benzene rings is 3. The predicted octanol–water partition coefficient (Wildman–Crippen LogP) is 6.16. The van der Waals surface area contributed by atoms with Crippen molar-refractivity contribution in [1.29, 1.82) is 0 Å². The normalized spacial score (nSPS) is 13.9.